The van der Waals surface area contributed by atoms with Gasteiger partial charge in [0.25, 0.3) is 0 Å². The van der Waals surface area contributed by atoms with Crippen molar-refractivity contribution in [2.45, 2.75) is 19.3 Å². The predicted molar refractivity (Wildman–Crippen MR) is 85.9 cm³/mol. The van der Waals surface area contributed by atoms with E-state index in [0.29, 0.717) is 26.2 Å². The molecule has 1 saturated heterocycles. The van der Waals surface area contributed by atoms with Gasteiger partial charge in [0.2, 0.25) is 5.91 Å². The number of carbonyl (C=O) groups is 2. The van der Waals surface area contributed by atoms with E-state index in [1.54, 1.807) is 11.0 Å². The smallest absolute Gasteiger partial charge is 0.321 e. The van der Waals surface area contributed by atoms with Crippen LogP contribution in [0.3, 0.4) is 0 Å². The minimum absolute atomic E-state index is 0.0279. The first-order valence-corrected chi connectivity index (χ1v) is 8.23. The maximum absolute atomic E-state index is 13.9. The van der Waals surface area contributed by atoms with Gasteiger partial charge in [-0.1, -0.05) is 17.7 Å². The molecule has 1 aliphatic heterocycles. The molecule has 3 rings (SSSR count). The number of hydrogen-bond acceptors (Lipinski definition) is 2. The van der Waals surface area contributed by atoms with Crippen LogP contribution >= 0.6 is 11.6 Å². The molecule has 1 aliphatic carbocycles. The summed E-state index contributed by atoms with van der Waals surface area (Å²) in [6.07, 6.45) is 2.69. The zero-order valence-corrected chi connectivity index (χ0v) is 13.5. The van der Waals surface area contributed by atoms with Crippen LogP contribution in [0.5, 0.6) is 0 Å². The van der Waals surface area contributed by atoms with Gasteiger partial charge < -0.3 is 15.1 Å². The lowest BCUT2D eigenvalue weighted by Crippen LogP contribution is -2.39. The molecule has 0 aromatic heterocycles. The maximum atomic E-state index is 13.9. The third-order valence-electron chi connectivity index (χ3n) is 4.21. The standard InChI is InChI=1S/C16H19ClFN3O2/c17-12-3-1-4-13(14(12)18)19-16(23)21-8-2-7-20(9-10-21)15(22)11-5-6-11/h1,3-4,11H,2,5-10H2,(H,19,23). The van der Waals surface area contributed by atoms with Gasteiger partial charge >= 0.3 is 6.03 Å². The van der Waals surface area contributed by atoms with Crippen LogP contribution in [-0.2, 0) is 4.79 Å². The Morgan fingerprint density at radius 3 is 2.57 bits per heavy atom. The Bertz CT molecular complexity index is 621. The first kappa shape index (κ1) is 16.1. The van der Waals surface area contributed by atoms with E-state index < -0.39 is 5.82 Å². The van der Waals surface area contributed by atoms with Crippen LogP contribution in [-0.4, -0.2) is 47.9 Å². The van der Waals surface area contributed by atoms with Gasteiger partial charge in [-0.25, -0.2) is 9.18 Å². The third kappa shape index (κ3) is 3.75. The van der Waals surface area contributed by atoms with Gasteiger partial charge in [0.15, 0.2) is 5.82 Å². The van der Waals surface area contributed by atoms with Gasteiger partial charge in [-0.05, 0) is 31.4 Å². The first-order chi connectivity index (χ1) is 11.1. The SMILES string of the molecule is O=C(Nc1cccc(Cl)c1F)N1CCCN(C(=O)C2CC2)CC1. The van der Waals surface area contributed by atoms with E-state index in [9.17, 15) is 14.0 Å². The highest BCUT2D eigenvalue weighted by Gasteiger charge is 2.34. The zero-order chi connectivity index (χ0) is 16.4. The molecule has 1 aromatic rings. The Balaban J connectivity index is 1.59. The molecule has 3 amide bonds. The van der Waals surface area contributed by atoms with Gasteiger partial charge in [-0.2, -0.15) is 0 Å². The van der Waals surface area contributed by atoms with Crippen molar-refractivity contribution in [3.63, 3.8) is 0 Å². The number of rotatable bonds is 2. The minimum Gasteiger partial charge on any atom is -0.341 e. The van der Waals surface area contributed by atoms with Crippen molar-refractivity contribution in [3.8, 4) is 0 Å². The Morgan fingerprint density at radius 2 is 1.83 bits per heavy atom. The summed E-state index contributed by atoms with van der Waals surface area (Å²) in [5.41, 5.74) is 0.0673. The number of nitrogens with zero attached hydrogens (tertiary/aromatic N) is 2. The minimum atomic E-state index is -0.636. The highest BCUT2D eigenvalue weighted by atomic mass is 35.5. The van der Waals surface area contributed by atoms with Crippen LogP contribution in [0.15, 0.2) is 18.2 Å². The molecule has 1 saturated carbocycles. The molecule has 0 spiro atoms. The number of hydrogen-bond donors (Lipinski definition) is 1. The fourth-order valence-corrected chi connectivity index (χ4v) is 2.90. The summed E-state index contributed by atoms with van der Waals surface area (Å²) in [5.74, 6) is -0.244. The number of amides is 3. The van der Waals surface area contributed by atoms with Crippen molar-refractivity contribution in [3.05, 3.63) is 29.0 Å². The lowest BCUT2D eigenvalue weighted by Gasteiger charge is -2.22. The Kier molecular flexibility index (Phi) is 4.71. The average molecular weight is 340 g/mol. The topological polar surface area (TPSA) is 52.7 Å². The molecule has 1 aromatic carbocycles. The number of anilines is 1. The maximum Gasteiger partial charge on any atom is 0.321 e. The highest BCUT2D eigenvalue weighted by Crippen LogP contribution is 2.31. The van der Waals surface area contributed by atoms with Crippen LogP contribution in [0.2, 0.25) is 5.02 Å². The number of carbonyl (C=O) groups excluding carboxylic acids is 2. The number of nitrogens with one attached hydrogen (secondary N) is 1. The largest absolute Gasteiger partial charge is 0.341 e. The lowest BCUT2D eigenvalue weighted by atomic mass is 10.3. The molecule has 23 heavy (non-hydrogen) atoms. The normalized spacial score (nSPS) is 18.5. The van der Waals surface area contributed by atoms with E-state index in [1.807, 2.05) is 4.90 Å². The van der Waals surface area contributed by atoms with Crippen molar-refractivity contribution in [1.82, 2.24) is 9.80 Å². The van der Waals surface area contributed by atoms with E-state index in [-0.39, 0.29) is 28.6 Å². The Labute approximate surface area is 139 Å². The van der Waals surface area contributed by atoms with E-state index in [2.05, 4.69) is 5.32 Å². The van der Waals surface area contributed by atoms with Crippen LogP contribution in [0.4, 0.5) is 14.9 Å². The van der Waals surface area contributed by atoms with Crippen LogP contribution < -0.4 is 5.32 Å². The molecule has 5 nitrogen and oxygen atoms in total. The second-order valence-electron chi connectivity index (χ2n) is 5.97. The van der Waals surface area contributed by atoms with Gasteiger partial charge in [-0.15, -0.1) is 0 Å². The van der Waals surface area contributed by atoms with Crippen LogP contribution in [0.1, 0.15) is 19.3 Å². The van der Waals surface area contributed by atoms with Gasteiger partial charge in [-0.3, -0.25) is 4.79 Å². The molecule has 2 aliphatic rings. The molecule has 1 heterocycles. The number of urea groups is 1. The van der Waals surface area contributed by atoms with Gasteiger partial charge in [0.05, 0.1) is 10.7 Å². The van der Waals surface area contributed by atoms with Gasteiger partial charge in [0.1, 0.15) is 0 Å². The van der Waals surface area contributed by atoms with Crippen molar-refractivity contribution in [1.29, 1.82) is 0 Å². The third-order valence-corrected chi connectivity index (χ3v) is 4.51. The molecule has 0 atom stereocenters. The monoisotopic (exact) mass is 339 g/mol. The average Bonchev–Trinajstić information content (AvgIpc) is 3.37. The van der Waals surface area contributed by atoms with Crippen LogP contribution in [0.25, 0.3) is 0 Å². The zero-order valence-electron chi connectivity index (χ0n) is 12.7. The number of benzene rings is 1. The van der Waals surface area contributed by atoms with Crippen molar-refractivity contribution in [2.75, 3.05) is 31.5 Å². The van der Waals surface area contributed by atoms with E-state index in [4.69, 9.17) is 11.6 Å². The summed E-state index contributed by atoms with van der Waals surface area (Å²) < 4.78 is 13.9. The van der Waals surface area contributed by atoms with Crippen LogP contribution in [0, 0.1) is 11.7 Å². The Morgan fingerprint density at radius 1 is 1.13 bits per heavy atom. The molecule has 7 heteroatoms. The van der Waals surface area contributed by atoms with Crippen molar-refractivity contribution >= 4 is 29.2 Å². The second-order valence-corrected chi connectivity index (χ2v) is 6.38. The first-order valence-electron chi connectivity index (χ1n) is 7.85. The summed E-state index contributed by atoms with van der Waals surface area (Å²) in [5, 5.41) is 2.52. The fraction of sp³-hybridized carbons (Fsp3) is 0.500. The second kappa shape index (κ2) is 6.74. The summed E-state index contributed by atoms with van der Waals surface area (Å²) in [4.78, 5) is 27.9. The molecule has 1 N–H and O–H groups in total. The van der Waals surface area contributed by atoms with Crippen molar-refractivity contribution < 1.29 is 14.0 Å². The lowest BCUT2D eigenvalue weighted by molar-refractivity contribution is -0.132. The van der Waals surface area contributed by atoms with Crippen molar-refractivity contribution in [2.24, 2.45) is 5.92 Å². The van der Waals surface area contributed by atoms with E-state index in [0.717, 1.165) is 19.3 Å². The van der Waals surface area contributed by atoms with E-state index in [1.165, 1.54) is 12.1 Å². The molecular formula is C16H19ClFN3O2. The quantitative estimate of drug-likeness (QED) is 0.900. The Hall–Kier alpha value is -1.82. The highest BCUT2D eigenvalue weighted by molar-refractivity contribution is 6.31. The fourth-order valence-electron chi connectivity index (χ4n) is 2.72. The van der Waals surface area contributed by atoms with Gasteiger partial charge in [0, 0.05) is 32.1 Å². The predicted octanol–water partition coefficient (Wildman–Crippen LogP) is 2.96. The molecule has 0 bridgehead atoms. The summed E-state index contributed by atoms with van der Waals surface area (Å²) in [7, 11) is 0. The molecule has 124 valence electrons. The molecular weight excluding hydrogens is 321 g/mol. The molecule has 0 unspecified atom stereocenters. The summed E-state index contributed by atoms with van der Waals surface area (Å²) in [6.45, 7) is 2.19. The summed E-state index contributed by atoms with van der Waals surface area (Å²) >= 11 is 5.71. The summed E-state index contributed by atoms with van der Waals surface area (Å²) in [6, 6.07) is 4.12. The number of halogens is 2. The molecule has 2 fully saturated rings. The molecule has 0 radical (unpaired) electrons. The van der Waals surface area contributed by atoms with E-state index >= 15 is 0 Å².